The summed E-state index contributed by atoms with van der Waals surface area (Å²) in [5, 5.41) is 4.57. The number of hydrogen-bond acceptors (Lipinski definition) is 3. The number of aromatic nitrogens is 2. The van der Waals surface area contributed by atoms with Crippen molar-refractivity contribution in [2.45, 2.75) is 27.4 Å². The van der Waals surface area contributed by atoms with Crippen molar-refractivity contribution in [2.24, 2.45) is 0 Å². The molecule has 0 atom stereocenters. The summed E-state index contributed by atoms with van der Waals surface area (Å²) in [5.74, 6) is -0.363. The van der Waals surface area contributed by atoms with E-state index in [1.807, 2.05) is 80.1 Å². The van der Waals surface area contributed by atoms with Gasteiger partial charge >= 0.3 is 5.97 Å². The van der Waals surface area contributed by atoms with Crippen LogP contribution in [0.25, 0.3) is 11.8 Å². The summed E-state index contributed by atoms with van der Waals surface area (Å²) in [6.07, 6.45) is 3.23. The van der Waals surface area contributed by atoms with Gasteiger partial charge in [-0.3, -0.25) is 0 Å². The number of rotatable bonds is 5. The fraction of sp³-hybridized carbons (Fsp3) is 0.182. The summed E-state index contributed by atoms with van der Waals surface area (Å²) in [4.78, 5) is 12.0. The summed E-state index contributed by atoms with van der Waals surface area (Å²) in [5.41, 5.74) is 5.91. The van der Waals surface area contributed by atoms with Crippen molar-refractivity contribution < 1.29 is 9.53 Å². The normalized spacial score (nSPS) is 11.0. The maximum absolute atomic E-state index is 12.0. The van der Waals surface area contributed by atoms with Crippen molar-refractivity contribution in [3.8, 4) is 5.69 Å². The van der Waals surface area contributed by atoms with E-state index in [4.69, 9.17) is 4.74 Å². The molecule has 0 N–H and O–H groups in total. The predicted molar refractivity (Wildman–Crippen MR) is 103 cm³/mol. The van der Waals surface area contributed by atoms with E-state index in [0.717, 1.165) is 33.8 Å². The molecule has 1 aromatic heterocycles. The molecular formula is C22H22N2O2. The molecule has 0 saturated carbocycles. The molecule has 4 heteroatoms. The average Bonchev–Trinajstić information content (AvgIpc) is 2.93. The highest BCUT2D eigenvalue weighted by molar-refractivity contribution is 5.87. The first-order valence-corrected chi connectivity index (χ1v) is 8.56. The van der Waals surface area contributed by atoms with Crippen LogP contribution in [0.15, 0.2) is 60.7 Å². The van der Waals surface area contributed by atoms with Gasteiger partial charge in [0.1, 0.15) is 6.61 Å². The first-order chi connectivity index (χ1) is 12.5. The SMILES string of the molecule is Cc1cccc(COC(=O)/C=C/c2c(C)nn(-c3ccccc3)c2C)c1. The van der Waals surface area contributed by atoms with E-state index in [-0.39, 0.29) is 12.6 Å². The third-order valence-electron chi connectivity index (χ3n) is 4.20. The van der Waals surface area contributed by atoms with Gasteiger partial charge in [-0.25, -0.2) is 9.48 Å². The molecule has 2 aromatic carbocycles. The second kappa shape index (κ2) is 7.83. The first-order valence-electron chi connectivity index (χ1n) is 8.56. The minimum absolute atomic E-state index is 0.270. The molecule has 0 aliphatic carbocycles. The van der Waals surface area contributed by atoms with E-state index >= 15 is 0 Å². The second-order valence-corrected chi connectivity index (χ2v) is 6.26. The van der Waals surface area contributed by atoms with Crippen LogP contribution < -0.4 is 0 Å². The minimum atomic E-state index is -0.363. The molecule has 26 heavy (non-hydrogen) atoms. The average molecular weight is 346 g/mol. The Hall–Kier alpha value is -3.14. The van der Waals surface area contributed by atoms with Crippen LogP contribution in [0.4, 0.5) is 0 Å². The van der Waals surface area contributed by atoms with E-state index in [0.29, 0.717) is 0 Å². The largest absolute Gasteiger partial charge is 0.458 e. The Morgan fingerprint density at radius 2 is 1.85 bits per heavy atom. The molecule has 0 aliphatic rings. The van der Waals surface area contributed by atoms with Gasteiger partial charge in [0.2, 0.25) is 0 Å². The molecular weight excluding hydrogens is 324 g/mol. The maximum atomic E-state index is 12.0. The van der Waals surface area contributed by atoms with E-state index < -0.39 is 0 Å². The number of para-hydroxylation sites is 1. The molecule has 0 bridgehead atoms. The van der Waals surface area contributed by atoms with Gasteiger partial charge in [-0.05, 0) is 44.5 Å². The smallest absolute Gasteiger partial charge is 0.331 e. The van der Waals surface area contributed by atoms with Crippen molar-refractivity contribution in [1.82, 2.24) is 9.78 Å². The van der Waals surface area contributed by atoms with Gasteiger partial charge in [-0.15, -0.1) is 0 Å². The lowest BCUT2D eigenvalue weighted by molar-refractivity contribution is -0.138. The van der Waals surface area contributed by atoms with Gasteiger partial charge in [0.15, 0.2) is 0 Å². The van der Waals surface area contributed by atoms with Gasteiger partial charge in [0.05, 0.1) is 11.4 Å². The fourth-order valence-electron chi connectivity index (χ4n) is 2.87. The number of benzene rings is 2. The molecule has 0 fully saturated rings. The van der Waals surface area contributed by atoms with E-state index in [9.17, 15) is 4.79 Å². The molecule has 0 saturated heterocycles. The van der Waals surface area contributed by atoms with Crippen molar-refractivity contribution in [1.29, 1.82) is 0 Å². The lowest BCUT2D eigenvalue weighted by Gasteiger charge is -2.04. The number of hydrogen-bond donors (Lipinski definition) is 0. The van der Waals surface area contributed by atoms with Crippen LogP contribution in [0.1, 0.15) is 28.1 Å². The highest BCUT2D eigenvalue weighted by Crippen LogP contribution is 2.19. The molecule has 0 amide bonds. The number of nitrogens with zero attached hydrogens (tertiary/aromatic N) is 2. The highest BCUT2D eigenvalue weighted by Gasteiger charge is 2.11. The molecule has 0 radical (unpaired) electrons. The van der Waals surface area contributed by atoms with Crippen LogP contribution in [0.2, 0.25) is 0 Å². The third-order valence-corrected chi connectivity index (χ3v) is 4.20. The van der Waals surface area contributed by atoms with E-state index in [1.54, 1.807) is 6.08 Å². The maximum Gasteiger partial charge on any atom is 0.331 e. The second-order valence-electron chi connectivity index (χ2n) is 6.26. The number of aryl methyl sites for hydroxylation is 2. The molecule has 3 aromatic rings. The zero-order valence-corrected chi connectivity index (χ0v) is 15.3. The molecule has 1 heterocycles. The summed E-state index contributed by atoms with van der Waals surface area (Å²) in [7, 11) is 0. The zero-order valence-electron chi connectivity index (χ0n) is 15.3. The Morgan fingerprint density at radius 1 is 1.08 bits per heavy atom. The van der Waals surface area contributed by atoms with Gasteiger partial charge in [0, 0.05) is 17.3 Å². The van der Waals surface area contributed by atoms with Gasteiger partial charge in [-0.2, -0.15) is 5.10 Å². The molecule has 132 valence electrons. The van der Waals surface area contributed by atoms with E-state index in [1.165, 1.54) is 6.08 Å². The van der Waals surface area contributed by atoms with Crippen LogP contribution >= 0.6 is 0 Å². The Labute approximate surface area is 153 Å². The summed E-state index contributed by atoms with van der Waals surface area (Å²) >= 11 is 0. The predicted octanol–water partition coefficient (Wildman–Crippen LogP) is 4.55. The number of esters is 1. The quantitative estimate of drug-likeness (QED) is 0.503. The molecule has 3 rings (SSSR count). The Bertz CT molecular complexity index is 940. The highest BCUT2D eigenvalue weighted by atomic mass is 16.5. The fourth-order valence-corrected chi connectivity index (χ4v) is 2.87. The zero-order chi connectivity index (χ0) is 18.5. The van der Waals surface area contributed by atoms with Crippen molar-refractivity contribution in [2.75, 3.05) is 0 Å². The van der Waals surface area contributed by atoms with Gasteiger partial charge in [-0.1, -0.05) is 48.0 Å². The summed E-state index contributed by atoms with van der Waals surface area (Å²) in [6.45, 7) is 6.21. The summed E-state index contributed by atoms with van der Waals surface area (Å²) in [6, 6.07) is 17.9. The lowest BCUT2D eigenvalue weighted by Crippen LogP contribution is -2.01. The standard InChI is InChI=1S/C22H22N2O2/c1-16-8-7-9-19(14-16)15-26-22(25)13-12-21-17(2)23-24(18(21)3)20-10-5-4-6-11-20/h4-14H,15H2,1-3H3/b13-12+. The van der Waals surface area contributed by atoms with Gasteiger partial charge < -0.3 is 4.74 Å². The Kier molecular flexibility index (Phi) is 5.32. The van der Waals surface area contributed by atoms with Crippen molar-refractivity contribution in [3.05, 3.63) is 88.8 Å². The molecule has 0 unspecified atom stereocenters. The monoisotopic (exact) mass is 346 g/mol. The Morgan fingerprint density at radius 3 is 2.58 bits per heavy atom. The van der Waals surface area contributed by atoms with Crippen molar-refractivity contribution >= 4 is 12.0 Å². The number of carbonyl (C=O) groups excluding carboxylic acids is 1. The number of ether oxygens (including phenoxy) is 1. The van der Waals surface area contributed by atoms with E-state index in [2.05, 4.69) is 5.10 Å². The molecule has 0 spiro atoms. The van der Waals surface area contributed by atoms with Crippen LogP contribution in [0.3, 0.4) is 0 Å². The third kappa shape index (κ3) is 4.09. The first kappa shape index (κ1) is 17.7. The van der Waals surface area contributed by atoms with Gasteiger partial charge in [0.25, 0.3) is 0 Å². The number of carbonyl (C=O) groups is 1. The van der Waals surface area contributed by atoms with Crippen LogP contribution in [0, 0.1) is 20.8 Å². The Balaban J connectivity index is 1.70. The lowest BCUT2D eigenvalue weighted by atomic mass is 10.1. The summed E-state index contributed by atoms with van der Waals surface area (Å²) < 4.78 is 7.21. The topological polar surface area (TPSA) is 44.1 Å². The van der Waals surface area contributed by atoms with Crippen LogP contribution in [0.5, 0.6) is 0 Å². The van der Waals surface area contributed by atoms with Crippen LogP contribution in [-0.4, -0.2) is 15.7 Å². The molecule has 4 nitrogen and oxygen atoms in total. The molecule has 0 aliphatic heterocycles. The van der Waals surface area contributed by atoms with Crippen molar-refractivity contribution in [3.63, 3.8) is 0 Å². The van der Waals surface area contributed by atoms with Crippen LogP contribution in [-0.2, 0) is 16.1 Å². The minimum Gasteiger partial charge on any atom is -0.458 e.